The predicted octanol–water partition coefficient (Wildman–Crippen LogP) is 2.67. The standard InChI is InChI=1S/C13H20O4/c1-10(13(15)16)9-12(14)17-11-7-5-3-2-4-6-8-11/h11H,1-9H2,(H,15,16). The number of carbonyl (C=O) groups is 2. The van der Waals surface area contributed by atoms with Crippen LogP contribution in [0.4, 0.5) is 0 Å². The highest BCUT2D eigenvalue weighted by molar-refractivity contribution is 5.91. The van der Waals surface area contributed by atoms with Crippen molar-refractivity contribution in [3.63, 3.8) is 0 Å². The fourth-order valence-corrected chi connectivity index (χ4v) is 2.01. The Morgan fingerprint density at radius 2 is 1.65 bits per heavy atom. The van der Waals surface area contributed by atoms with Crippen LogP contribution in [0.25, 0.3) is 0 Å². The minimum absolute atomic E-state index is 0.0376. The van der Waals surface area contributed by atoms with Crippen LogP contribution < -0.4 is 0 Å². The maximum atomic E-state index is 11.5. The molecule has 4 nitrogen and oxygen atoms in total. The summed E-state index contributed by atoms with van der Waals surface area (Å²) in [7, 11) is 0. The van der Waals surface area contributed by atoms with Gasteiger partial charge in [0, 0.05) is 5.57 Å². The van der Waals surface area contributed by atoms with Crippen molar-refractivity contribution in [2.75, 3.05) is 0 Å². The van der Waals surface area contributed by atoms with E-state index in [0.29, 0.717) is 0 Å². The van der Waals surface area contributed by atoms with Gasteiger partial charge < -0.3 is 9.84 Å². The summed E-state index contributed by atoms with van der Waals surface area (Å²) in [5.41, 5.74) is -0.110. The minimum Gasteiger partial charge on any atom is -0.478 e. The molecule has 1 aliphatic carbocycles. The first kappa shape index (κ1) is 13.7. The molecule has 1 rings (SSSR count). The van der Waals surface area contributed by atoms with Gasteiger partial charge >= 0.3 is 11.9 Å². The molecule has 0 heterocycles. The Labute approximate surface area is 102 Å². The summed E-state index contributed by atoms with van der Waals surface area (Å²) in [6, 6.07) is 0. The fraction of sp³-hybridized carbons (Fsp3) is 0.692. The zero-order valence-corrected chi connectivity index (χ0v) is 10.1. The molecule has 0 aromatic rings. The van der Waals surface area contributed by atoms with E-state index in [4.69, 9.17) is 9.84 Å². The Kier molecular flexibility index (Phi) is 5.73. The van der Waals surface area contributed by atoms with Gasteiger partial charge in [-0.05, 0) is 25.7 Å². The van der Waals surface area contributed by atoms with Crippen LogP contribution in [0.1, 0.15) is 51.4 Å². The van der Waals surface area contributed by atoms with Crippen molar-refractivity contribution >= 4 is 11.9 Å². The van der Waals surface area contributed by atoms with Crippen LogP contribution >= 0.6 is 0 Å². The molecular formula is C13H20O4. The lowest BCUT2D eigenvalue weighted by Gasteiger charge is -2.20. The van der Waals surface area contributed by atoms with Gasteiger partial charge in [0.15, 0.2) is 0 Å². The first-order valence-electron chi connectivity index (χ1n) is 6.20. The maximum absolute atomic E-state index is 11.5. The highest BCUT2D eigenvalue weighted by atomic mass is 16.5. The van der Waals surface area contributed by atoms with Crippen molar-refractivity contribution in [2.45, 2.75) is 57.5 Å². The number of carboxylic acids is 1. The van der Waals surface area contributed by atoms with Crippen LogP contribution in [0.15, 0.2) is 12.2 Å². The minimum atomic E-state index is -1.14. The van der Waals surface area contributed by atoms with Gasteiger partial charge in [0.1, 0.15) is 6.10 Å². The predicted molar refractivity (Wildman–Crippen MR) is 63.6 cm³/mol. The van der Waals surface area contributed by atoms with Crippen molar-refractivity contribution in [1.82, 2.24) is 0 Å². The summed E-state index contributed by atoms with van der Waals surface area (Å²) >= 11 is 0. The van der Waals surface area contributed by atoms with E-state index in [1.807, 2.05) is 0 Å². The van der Waals surface area contributed by atoms with Crippen LogP contribution in [0, 0.1) is 0 Å². The zero-order chi connectivity index (χ0) is 12.7. The molecule has 96 valence electrons. The smallest absolute Gasteiger partial charge is 0.331 e. The van der Waals surface area contributed by atoms with E-state index in [-0.39, 0.29) is 18.1 Å². The van der Waals surface area contributed by atoms with Gasteiger partial charge in [0.25, 0.3) is 0 Å². The third-order valence-corrected chi connectivity index (χ3v) is 3.01. The van der Waals surface area contributed by atoms with Crippen molar-refractivity contribution in [1.29, 1.82) is 0 Å². The van der Waals surface area contributed by atoms with Gasteiger partial charge in [-0.15, -0.1) is 0 Å². The zero-order valence-electron chi connectivity index (χ0n) is 10.1. The molecule has 17 heavy (non-hydrogen) atoms. The van der Waals surface area contributed by atoms with Gasteiger partial charge in [-0.1, -0.05) is 25.8 Å². The Bertz CT molecular complexity index is 288. The molecule has 0 radical (unpaired) electrons. The first-order valence-corrected chi connectivity index (χ1v) is 6.20. The molecule has 1 saturated carbocycles. The quantitative estimate of drug-likeness (QED) is 0.606. The number of rotatable bonds is 4. The maximum Gasteiger partial charge on any atom is 0.331 e. The number of carbonyl (C=O) groups excluding carboxylic acids is 1. The monoisotopic (exact) mass is 240 g/mol. The largest absolute Gasteiger partial charge is 0.478 e. The van der Waals surface area contributed by atoms with Gasteiger partial charge in [-0.25, -0.2) is 4.79 Å². The number of ether oxygens (including phenoxy) is 1. The molecule has 0 aliphatic heterocycles. The van der Waals surface area contributed by atoms with Crippen molar-refractivity contribution < 1.29 is 19.4 Å². The van der Waals surface area contributed by atoms with Crippen LogP contribution in [0.3, 0.4) is 0 Å². The highest BCUT2D eigenvalue weighted by Gasteiger charge is 2.18. The molecule has 1 aliphatic rings. The van der Waals surface area contributed by atoms with Crippen LogP contribution in [0.2, 0.25) is 0 Å². The summed E-state index contributed by atoms with van der Waals surface area (Å²) in [5, 5.41) is 8.61. The Hall–Kier alpha value is -1.32. The number of hydrogen-bond donors (Lipinski definition) is 1. The number of aliphatic carboxylic acids is 1. The van der Waals surface area contributed by atoms with E-state index in [1.54, 1.807) is 0 Å². The summed E-state index contributed by atoms with van der Waals surface area (Å²) in [6.45, 7) is 3.32. The summed E-state index contributed by atoms with van der Waals surface area (Å²) < 4.78 is 5.28. The number of hydrogen-bond acceptors (Lipinski definition) is 3. The van der Waals surface area contributed by atoms with Crippen LogP contribution in [-0.2, 0) is 14.3 Å². The summed E-state index contributed by atoms with van der Waals surface area (Å²) in [5.74, 6) is -1.61. The lowest BCUT2D eigenvalue weighted by Crippen LogP contribution is -2.20. The first-order chi connectivity index (χ1) is 8.09. The van der Waals surface area contributed by atoms with Gasteiger partial charge in [-0.3, -0.25) is 4.79 Å². The Balaban J connectivity index is 2.33. The molecule has 1 fully saturated rings. The normalized spacial score (nSPS) is 17.9. The lowest BCUT2D eigenvalue weighted by molar-refractivity contribution is -0.150. The van der Waals surface area contributed by atoms with E-state index >= 15 is 0 Å². The molecule has 0 aromatic carbocycles. The Morgan fingerprint density at radius 1 is 1.12 bits per heavy atom. The average Bonchev–Trinajstić information content (AvgIpc) is 2.21. The Morgan fingerprint density at radius 3 is 2.18 bits per heavy atom. The lowest BCUT2D eigenvalue weighted by atomic mass is 9.98. The highest BCUT2D eigenvalue weighted by Crippen LogP contribution is 2.20. The average molecular weight is 240 g/mol. The van der Waals surface area contributed by atoms with E-state index in [0.717, 1.165) is 25.7 Å². The molecule has 0 spiro atoms. The molecule has 0 unspecified atom stereocenters. The van der Waals surface area contributed by atoms with E-state index < -0.39 is 11.9 Å². The second-order valence-electron chi connectivity index (χ2n) is 4.54. The van der Waals surface area contributed by atoms with Crippen molar-refractivity contribution in [2.24, 2.45) is 0 Å². The summed E-state index contributed by atoms with van der Waals surface area (Å²) in [6.07, 6.45) is 7.34. The molecule has 1 N–H and O–H groups in total. The third-order valence-electron chi connectivity index (χ3n) is 3.01. The fourth-order valence-electron chi connectivity index (χ4n) is 2.01. The number of esters is 1. The summed E-state index contributed by atoms with van der Waals surface area (Å²) in [4.78, 5) is 22.0. The molecule has 0 saturated heterocycles. The molecule has 0 bridgehead atoms. The van der Waals surface area contributed by atoms with Crippen LogP contribution in [0.5, 0.6) is 0 Å². The van der Waals surface area contributed by atoms with Crippen molar-refractivity contribution in [3.8, 4) is 0 Å². The molecule has 0 aromatic heterocycles. The van der Waals surface area contributed by atoms with Gasteiger partial charge in [0.2, 0.25) is 0 Å². The van der Waals surface area contributed by atoms with Gasteiger partial charge in [-0.2, -0.15) is 0 Å². The molecule has 4 heteroatoms. The van der Waals surface area contributed by atoms with Crippen LogP contribution in [-0.4, -0.2) is 23.1 Å². The second-order valence-corrected chi connectivity index (χ2v) is 4.54. The molecular weight excluding hydrogens is 220 g/mol. The topological polar surface area (TPSA) is 63.6 Å². The van der Waals surface area contributed by atoms with Gasteiger partial charge in [0.05, 0.1) is 6.42 Å². The van der Waals surface area contributed by atoms with E-state index in [1.165, 1.54) is 19.3 Å². The number of carboxylic acid groups (broad SMARTS) is 1. The third kappa shape index (κ3) is 5.52. The van der Waals surface area contributed by atoms with E-state index in [9.17, 15) is 9.59 Å². The molecule has 0 amide bonds. The van der Waals surface area contributed by atoms with E-state index in [2.05, 4.69) is 6.58 Å². The SMILES string of the molecule is C=C(CC(=O)OC1CCCCCCC1)C(=O)O. The second kappa shape index (κ2) is 7.09. The van der Waals surface area contributed by atoms with Crippen molar-refractivity contribution in [3.05, 3.63) is 12.2 Å². The molecule has 0 atom stereocenters.